The summed E-state index contributed by atoms with van der Waals surface area (Å²) in [6.45, 7) is 2.72. The zero-order valence-electron chi connectivity index (χ0n) is 12.2. The lowest BCUT2D eigenvalue weighted by molar-refractivity contribution is 0.100. The van der Waals surface area contributed by atoms with Crippen molar-refractivity contribution in [1.29, 1.82) is 0 Å². The van der Waals surface area contributed by atoms with Crippen LogP contribution in [-0.2, 0) is 0 Å². The van der Waals surface area contributed by atoms with Gasteiger partial charge < -0.3 is 9.63 Å². The molecule has 1 aliphatic rings. The Kier molecular flexibility index (Phi) is 4.17. The minimum absolute atomic E-state index is 0.0457. The first-order chi connectivity index (χ1) is 10.5. The maximum absolute atomic E-state index is 13.7. The van der Waals surface area contributed by atoms with Gasteiger partial charge in [-0.05, 0) is 25.5 Å². The molecule has 0 spiro atoms. The fourth-order valence-electron chi connectivity index (χ4n) is 2.88. The monoisotopic (exact) mass is 309 g/mol. The maximum Gasteiger partial charge on any atom is 0.223 e. The number of aryl methyl sites for hydroxylation is 1. The van der Waals surface area contributed by atoms with E-state index in [1.54, 1.807) is 6.92 Å². The van der Waals surface area contributed by atoms with Gasteiger partial charge in [-0.3, -0.25) is 4.90 Å². The van der Waals surface area contributed by atoms with Crippen molar-refractivity contribution in [3.8, 4) is 0 Å². The second-order valence-corrected chi connectivity index (χ2v) is 5.51. The highest BCUT2D eigenvalue weighted by molar-refractivity contribution is 5.21. The molecule has 5 nitrogen and oxygen atoms in total. The zero-order chi connectivity index (χ0) is 15.7. The molecular weight excluding hydrogens is 292 g/mol. The van der Waals surface area contributed by atoms with Crippen molar-refractivity contribution in [2.45, 2.75) is 31.9 Å². The van der Waals surface area contributed by atoms with Gasteiger partial charge in [0.15, 0.2) is 5.82 Å². The van der Waals surface area contributed by atoms with E-state index in [2.05, 4.69) is 10.1 Å². The van der Waals surface area contributed by atoms with Gasteiger partial charge in [-0.25, -0.2) is 8.78 Å². The zero-order valence-corrected chi connectivity index (χ0v) is 12.2. The van der Waals surface area contributed by atoms with Gasteiger partial charge in [0.05, 0.1) is 12.1 Å². The Bertz CT molecular complexity index is 662. The Balaban J connectivity index is 1.73. The van der Waals surface area contributed by atoms with Crippen molar-refractivity contribution >= 4 is 0 Å². The Morgan fingerprint density at radius 2 is 2.27 bits per heavy atom. The molecule has 0 saturated carbocycles. The third-order valence-corrected chi connectivity index (χ3v) is 3.93. The van der Waals surface area contributed by atoms with Crippen LogP contribution in [0.3, 0.4) is 0 Å². The molecule has 2 aromatic rings. The summed E-state index contributed by atoms with van der Waals surface area (Å²) in [6.07, 6.45) is 0.767. The van der Waals surface area contributed by atoms with Gasteiger partial charge in [0.1, 0.15) is 11.6 Å². The third-order valence-electron chi connectivity index (χ3n) is 3.93. The van der Waals surface area contributed by atoms with Gasteiger partial charge in [0.25, 0.3) is 0 Å². The van der Waals surface area contributed by atoms with Crippen LogP contribution in [0.4, 0.5) is 8.78 Å². The van der Waals surface area contributed by atoms with Crippen LogP contribution in [-0.4, -0.2) is 33.2 Å². The van der Waals surface area contributed by atoms with E-state index < -0.39 is 17.7 Å². The molecular formula is C15H17F2N3O2. The van der Waals surface area contributed by atoms with Crippen LogP contribution in [0.1, 0.15) is 42.3 Å². The molecule has 2 atom stereocenters. The Morgan fingerprint density at radius 3 is 2.95 bits per heavy atom. The van der Waals surface area contributed by atoms with Gasteiger partial charge >= 0.3 is 0 Å². The lowest BCUT2D eigenvalue weighted by Crippen LogP contribution is -2.29. The Labute approximate surface area is 126 Å². The van der Waals surface area contributed by atoms with E-state index in [9.17, 15) is 13.9 Å². The SMILES string of the molecule is Cc1nc([C@@H]2CCCN2C[C@H](O)c2ccc(F)cc2F)no1. The summed E-state index contributed by atoms with van der Waals surface area (Å²) in [5.74, 6) is -0.317. The number of aromatic nitrogens is 2. The van der Waals surface area contributed by atoms with Gasteiger partial charge in [-0.15, -0.1) is 0 Å². The topological polar surface area (TPSA) is 62.4 Å². The van der Waals surface area contributed by atoms with Gasteiger partial charge in [-0.2, -0.15) is 4.98 Å². The predicted octanol–water partition coefficient (Wildman–Crippen LogP) is 2.53. The lowest BCUT2D eigenvalue weighted by atomic mass is 10.1. The van der Waals surface area contributed by atoms with Crippen LogP contribution in [0, 0.1) is 18.6 Å². The lowest BCUT2D eigenvalue weighted by Gasteiger charge is -2.25. The highest BCUT2D eigenvalue weighted by atomic mass is 19.1. The van der Waals surface area contributed by atoms with E-state index in [0.29, 0.717) is 11.7 Å². The number of β-amino-alcohol motifs (C(OH)–C–C–N with tert-alkyl or cyclic N) is 1. The normalized spacial score (nSPS) is 20.5. The molecule has 1 saturated heterocycles. The fourth-order valence-corrected chi connectivity index (χ4v) is 2.88. The van der Waals surface area contributed by atoms with E-state index in [1.165, 1.54) is 6.07 Å². The third kappa shape index (κ3) is 3.00. The van der Waals surface area contributed by atoms with Crippen molar-refractivity contribution in [3.05, 3.63) is 47.1 Å². The highest BCUT2D eigenvalue weighted by Crippen LogP contribution is 2.32. The van der Waals surface area contributed by atoms with Crippen LogP contribution in [0.2, 0.25) is 0 Å². The maximum atomic E-state index is 13.7. The summed E-state index contributed by atoms with van der Waals surface area (Å²) in [6, 6.07) is 3.16. The molecule has 2 heterocycles. The van der Waals surface area contributed by atoms with Crippen LogP contribution < -0.4 is 0 Å². The van der Waals surface area contributed by atoms with Gasteiger partial charge in [0.2, 0.25) is 5.89 Å². The summed E-state index contributed by atoms with van der Waals surface area (Å²) < 4.78 is 31.7. The predicted molar refractivity (Wildman–Crippen MR) is 73.9 cm³/mol. The second kappa shape index (κ2) is 6.10. The second-order valence-electron chi connectivity index (χ2n) is 5.51. The van der Waals surface area contributed by atoms with Crippen LogP contribution in [0.5, 0.6) is 0 Å². The Hall–Kier alpha value is -1.86. The average Bonchev–Trinajstić information content (AvgIpc) is 3.07. The van der Waals surface area contributed by atoms with E-state index in [4.69, 9.17) is 4.52 Å². The van der Waals surface area contributed by atoms with E-state index >= 15 is 0 Å². The molecule has 0 aliphatic carbocycles. The number of nitrogens with zero attached hydrogens (tertiary/aromatic N) is 3. The summed E-state index contributed by atoms with van der Waals surface area (Å²) in [7, 11) is 0. The first kappa shape index (κ1) is 15.1. The van der Waals surface area contributed by atoms with Crippen molar-refractivity contribution in [1.82, 2.24) is 15.0 Å². The van der Waals surface area contributed by atoms with Crippen molar-refractivity contribution < 1.29 is 18.4 Å². The molecule has 0 unspecified atom stereocenters. The van der Waals surface area contributed by atoms with Gasteiger partial charge in [-0.1, -0.05) is 11.2 Å². The van der Waals surface area contributed by atoms with Crippen LogP contribution in [0.25, 0.3) is 0 Å². The molecule has 1 N–H and O–H groups in total. The first-order valence-corrected chi connectivity index (χ1v) is 7.22. The molecule has 3 rings (SSSR count). The molecule has 0 amide bonds. The smallest absolute Gasteiger partial charge is 0.223 e. The first-order valence-electron chi connectivity index (χ1n) is 7.22. The number of hydrogen-bond donors (Lipinski definition) is 1. The summed E-state index contributed by atoms with van der Waals surface area (Å²) in [4.78, 5) is 6.23. The van der Waals surface area contributed by atoms with Crippen LogP contribution >= 0.6 is 0 Å². The molecule has 0 radical (unpaired) electrons. The van der Waals surface area contributed by atoms with Crippen molar-refractivity contribution in [2.24, 2.45) is 0 Å². The number of halogens is 2. The highest BCUT2D eigenvalue weighted by Gasteiger charge is 2.31. The molecule has 1 aromatic heterocycles. The van der Waals surface area contributed by atoms with E-state index in [0.717, 1.165) is 31.5 Å². The standard InChI is InChI=1S/C15H17F2N3O2/c1-9-18-15(19-22-9)13-3-2-6-20(13)8-14(21)11-5-4-10(16)7-12(11)17/h4-5,7,13-14,21H,2-3,6,8H2,1H3/t13-,14-/m0/s1. The fraction of sp³-hybridized carbons (Fsp3) is 0.467. The van der Waals surface area contributed by atoms with E-state index in [1.807, 2.05) is 4.90 Å². The largest absolute Gasteiger partial charge is 0.387 e. The quantitative estimate of drug-likeness (QED) is 0.940. The molecule has 118 valence electrons. The molecule has 1 aromatic carbocycles. The molecule has 22 heavy (non-hydrogen) atoms. The number of aliphatic hydroxyl groups excluding tert-OH is 1. The number of rotatable bonds is 4. The molecule has 0 bridgehead atoms. The summed E-state index contributed by atoms with van der Waals surface area (Å²) >= 11 is 0. The van der Waals surface area contributed by atoms with Crippen molar-refractivity contribution in [3.63, 3.8) is 0 Å². The average molecular weight is 309 g/mol. The summed E-state index contributed by atoms with van der Waals surface area (Å²) in [5, 5.41) is 14.2. The number of hydrogen-bond acceptors (Lipinski definition) is 5. The van der Waals surface area contributed by atoms with E-state index in [-0.39, 0.29) is 18.2 Å². The Morgan fingerprint density at radius 1 is 1.45 bits per heavy atom. The summed E-state index contributed by atoms with van der Waals surface area (Å²) in [5.41, 5.74) is 0.0938. The minimum Gasteiger partial charge on any atom is -0.387 e. The minimum atomic E-state index is -1.03. The molecule has 7 heteroatoms. The number of aliphatic hydroxyl groups is 1. The van der Waals surface area contributed by atoms with Crippen LogP contribution in [0.15, 0.2) is 22.7 Å². The number of likely N-dealkylation sites (tertiary alicyclic amines) is 1. The van der Waals surface area contributed by atoms with Crippen molar-refractivity contribution in [2.75, 3.05) is 13.1 Å². The molecule has 1 aliphatic heterocycles. The molecule has 1 fully saturated rings. The van der Waals surface area contributed by atoms with Gasteiger partial charge in [0, 0.05) is 25.1 Å². The number of benzene rings is 1.